The average Bonchev–Trinajstić information content (AvgIpc) is 3.11. The predicted molar refractivity (Wildman–Crippen MR) is 109 cm³/mol. The zero-order valence-electron chi connectivity index (χ0n) is 16.6. The van der Waals surface area contributed by atoms with Gasteiger partial charge in [-0.05, 0) is 43.2 Å². The fourth-order valence-corrected chi connectivity index (χ4v) is 4.00. The fourth-order valence-electron chi connectivity index (χ4n) is 4.00. The number of nitro benzene ring substituents is 1. The van der Waals surface area contributed by atoms with Gasteiger partial charge in [0.25, 0.3) is 5.69 Å². The van der Waals surface area contributed by atoms with Gasteiger partial charge in [0.1, 0.15) is 5.75 Å². The van der Waals surface area contributed by atoms with Crippen LogP contribution < -0.4 is 19.5 Å². The summed E-state index contributed by atoms with van der Waals surface area (Å²) in [6.45, 7) is 3.25. The SMILES string of the molecule is CCOc1ccc2[nH]c3c(c2c1)CCNC3c1cc(OC)c(OC)cc1[N+](=O)[O-]. The standard InChI is InChI=1S/C21H23N3O5/c1-4-29-12-5-6-16-14(9-12)13-7-8-22-20(21(13)23-16)15-10-18(27-2)19(28-3)11-17(15)24(25)26/h5-6,9-11,20,22-23H,4,7-8H2,1-3H3. The highest BCUT2D eigenvalue weighted by molar-refractivity contribution is 5.87. The number of hydrogen-bond donors (Lipinski definition) is 2. The number of nitrogens with one attached hydrogen (secondary N) is 2. The van der Waals surface area contributed by atoms with E-state index in [1.54, 1.807) is 6.07 Å². The number of rotatable bonds is 6. The molecule has 1 atom stereocenters. The molecule has 1 aliphatic rings. The molecule has 152 valence electrons. The van der Waals surface area contributed by atoms with E-state index in [0.717, 1.165) is 34.3 Å². The van der Waals surface area contributed by atoms with Crippen molar-refractivity contribution in [1.82, 2.24) is 10.3 Å². The summed E-state index contributed by atoms with van der Waals surface area (Å²) in [5.74, 6) is 1.60. The van der Waals surface area contributed by atoms with Crippen LogP contribution >= 0.6 is 0 Å². The lowest BCUT2D eigenvalue weighted by Crippen LogP contribution is -2.31. The third kappa shape index (κ3) is 3.25. The van der Waals surface area contributed by atoms with Crippen LogP contribution in [-0.2, 0) is 6.42 Å². The van der Waals surface area contributed by atoms with Gasteiger partial charge in [-0.2, -0.15) is 0 Å². The van der Waals surface area contributed by atoms with Crippen molar-refractivity contribution < 1.29 is 19.1 Å². The van der Waals surface area contributed by atoms with Crippen molar-refractivity contribution in [2.24, 2.45) is 0 Å². The van der Waals surface area contributed by atoms with Crippen molar-refractivity contribution in [3.05, 3.63) is 57.3 Å². The molecule has 8 nitrogen and oxygen atoms in total. The highest BCUT2D eigenvalue weighted by Crippen LogP contribution is 2.42. The van der Waals surface area contributed by atoms with Crippen molar-refractivity contribution in [2.45, 2.75) is 19.4 Å². The Morgan fingerprint density at radius 3 is 2.62 bits per heavy atom. The summed E-state index contributed by atoms with van der Waals surface area (Å²) in [5.41, 5.74) is 3.58. The van der Waals surface area contributed by atoms with Crippen LogP contribution in [0.5, 0.6) is 17.2 Å². The molecule has 0 saturated heterocycles. The molecule has 2 aromatic carbocycles. The molecule has 0 spiro atoms. The number of fused-ring (bicyclic) bond motifs is 3. The quantitative estimate of drug-likeness (QED) is 0.486. The Balaban J connectivity index is 1.88. The van der Waals surface area contributed by atoms with E-state index < -0.39 is 0 Å². The van der Waals surface area contributed by atoms with E-state index in [1.165, 1.54) is 20.3 Å². The third-order valence-corrected chi connectivity index (χ3v) is 5.27. The molecule has 0 amide bonds. The van der Waals surface area contributed by atoms with Crippen LogP contribution in [0.3, 0.4) is 0 Å². The zero-order valence-corrected chi connectivity index (χ0v) is 16.6. The Kier molecular flexibility index (Phi) is 5.02. The number of aromatic nitrogens is 1. The van der Waals surface area contributed by atoms with Crippen molar-refractivity contribution in [1.29, 1.82) is 0 Å². The number of nitrogens with zero attached hydrogens (tertiary/aromatic N) is 1. The molecule has 2 heterocycles. The number of H-pyrrole nitrogens is 1. The molecule has 0 bridgehead atoms. The Bertz CT molecular complexity index is 1080. The van der Waals surface area contributed by atoms with Gasteiger partial charge in [-0.1, -0.05) is 0 Å². The predicted octanol–water partition coefficient (Wildman–Crippen LogP) is 3.73. The second kappa shape index (κ2) is 7.63. The number of hydrogen-bond acceptors (Lipinski definition) is 6. The Morgan fingerprint density at radius 1 is 1.17 bits per heavy atom. The Labute approximate surface area is 167 Å². The lowest BCUT2D eigenvalue weighted by atomic mass is 9.93. The summed E-state index contributed by atoms with van der Waals surface area (Å²) in [5, 5.41) is 16.3. The summed E-state index contributed by atoms with van der Waals surface area (Å²) < 4.78 is 16.3. The molecule has 0 saturated carbocycles. The van der Waals surface area contributed by atoms with E-state index in [0.29, 0.717) is 30.2 Å². The van der Waals surface area contributed by atoms with Crippen molar-refractivity contribution in [3.8, 4) is 17.2 Å². The van der Waals surface area contributed by atoms with Crippen LogP contribution in [0, 0.1) is 10.1 Å². The van der Waals surface area contributed by atoms with Crippen LogP contribution in [0.25, 0.3) is 10.9 Å². The first kappa shape index (κ1) is 19.1. The van der Waals surface area contributed by atoms with E-state index in [9.17, 15) is 10.1 Å². The molecular weight excluding hydrogens is 374 g/mol. The van der Waals surface area contributed by atoms with Crippen LogP contribution in [0.2, 0.25) is 0 Å². The minimum absolute atomic E-state index is 0.0124. The van der Waals surface area contributed by atoms with Gasteiger partial charge < -0.3 is 24.5 Å². The Hall–Kier alpha value is -3.26. The maximum atomic E-state index is 11.8. The van der Waals surface area contributed by atoms with E-state index in [4.69, 9.17) is 14.2 Å². The third-order valence-electron chi connectivity index (χ3n) is 5.27. The van der Waals surface area contributed by atoms with Crippen LogP contribution in [0.4, 0.5) is 5.69 Å². The molecule has 3 aromatic rings. The molecule has 0 radical (unpaired) electrons. The number of benzene rings is 2. The van der Waals surface area contributed by atoms with Crippen LogP contribution in [0.1, 0.15) is 29.8 Å². The van der Waals surface area contributed by atoms with E-state index in [2.05, 4.69) is 10.3 Å². The lowest BCUT2D eigenvalue weighted by Gasteiger charge is -2.25. The first-order chi connectivity index (χ1) is 14.1. The lowest BCUT2D eigenvalue weighted by molar-refractivity contribution is -0.385. The van der Waals surface area contributed by atoms with Gasteiger partial charge in [-0.25, -0.2) is 0 Å². The second-order valence-corrected chi connectivity index (χ2v) is 6.82. The minimum Gasteiger partial charge on any atom is -0.494 e. The molecule has 2 N–H and O–H groups in total. The number of methoxy groups -OCH3 is 2. The van der Waals surface area contributed by atoms with E-state index in [1.807, 2.05) is 25.1 Å². The molecule has 8 heteroatoms. The smallest absolute Gasteiger partial charge is 0.278 e. The van der Waals surface area contributed by atoms with Gasteiger partial charge in [-0.15, -0.1) is 0 Å². The summed E-state index contributed by atoms with van der Waals surface area (Å²) in [4.78, 5) is 14.9. The molecule has 4 rings (SSSR count). The monoisotopic (exact) mass is 397 g/mol. The molecule has 1 unspecified atom stereocenters. The van der Waals surface area contributed by atoms with Crippen LogP contribution in [0.15, 0.2) is 30.3 Å². The first-order valence-electron chi connectivity index (χ1n) is 9.48. The number of ether oxygens (including phenoxy) is 3. The molecule has 29 heavy (non-hydrogen) atoms. The largest absolute Gasteiger partial charge is 0.494 e. The molecule has 1 aliphatic heterocycles. The van der Waals surface area contributed by atoms with E-state index >= 15 is 0 Å². The maximum absolute atomic E-state index is 11.8. The normalized spacial score (nSPS) is 15.8. The molecule has 0 fully saturated rings. The van der Waals surface area contributed by atoms with Gasteiger partial charge in [-0.3, -0.25) is 10.1 Å². The van der Waals surface area contributed by atoms with Crippen LogP contribution in [-0.4, -0.2) is 37.3 Å². The van der Waals surface area contributed by atoms with Gasteiger partial charge in [0.2, 0.25) is 0 Å². The fraction of sp³-hybridized carbons (Fsp3) is 0.333. The minimum atomic E-state index is -0.386. The average molecular weight is 397 g/mol. The zero-order chi connectivity index (χ0) is 20.5. The highest BCUT2D eigenvalue weighted by atomic mass is 16.6. The van der Waals surface area contributed by atoms with Crippen molar-refractivity contribution >= 4 is 16.6 Å². The topological polar surface area (TPSA) is 98.7 Å². The summed E-state index contributed by atoms with van der Waals surface area (Å²) in [6.07, 6.45) is 0.822. The molecule has 1 aromatic heterocycles. The van der Waals surface area contributed by atoms with Crippen molar-refractivity contribution in [2.75, 3.05) is 27.4 Å². The highest BCUT2D eigenvalue weighted by Gasteiger charge is 2.32. The van der Waals surface area contributed by atoms with Gasteiger partial charge in [0.05, 0.1) is 43.4 Å². The molecule has 0 aliphatic carbocycles. The van der Waals surface area contributed by atoms with Gasteiger partial charge in [0.15, 0.2) is 11.5 Å². The number of nitro groups is 1. The van der Waals surface area contributed by atoms with E-state index in [-0.39, 0.29) is 16.7 Å². The molecular formula is C21H23N3O5. The summed E-state index contributed by atoms with van der Waals surface area (Å²) >= 11 is 0. The number of aromatic amines is 1. The summed E-state index contributed by atoms with van der Waals surface area (Å²) in [6, 6.07) is 8.68. The van der Waals surface area contributed by atoms with Crippen molar-refractivity contribution in [3.63, 3.8) is 0 Å². The van der Waals surface area contributed by atoms with Gasteiger partial charge >= 0.3 is 0 Å². The maximum Gasteiger partial charge on any atom is 0.278 e. The second-order valence-electron chi connectivity index (χ2n) is 6.82. The first-order valence-corrected chi connectivity index (χ1v) is 9.48. The Morgan fingerprint density at radius 2 is 1.93 bits per heavy atom. The summed E-state index contributed by atoms with van der Waals surface area (Å²) in [7, 11) is 2.98. The van der Waals surface area contributed by atoms with Gasteiger partial charge in [0, 0.05) is 23.1 Å².